The van der Waals surface area contributed by atoms with Gasteiger partial charge in [-0.3, -0.25) is 0 Å². The molecule has 1 aromatic carbocycles. The standard InChI is InChI=1S/C19H28FN7O2.C6H4F2.C2H6/c1-19(2,20)16-24-18(29-25-16)26-6-3-13(4-7-26)12-28-15-9-22-17(23-10-15)27-8-5-14(21)11-27;7-5-1-2-6(8)4-3-5;1-2/h9-10,13-14H,3-8,11-12,21H2,1-2H3;1-4H;1-2H3. The van der Waals surface area contributed by atoms with Crippen molar-refractivity contribution in [3.63, 3.8) is 0 Å². The predicted octanol–water partition coefficient (Wildman–Crippen LogP) is 4.89. The lowest BCUT2D eigenvalue weighted by Gasteiger charge is -2.30. The smallest absolute Gasteiger partial charge is 0.324 e. The van der Waals surface area contributed by atoms with E-state index in [1.807, 2.05) is 18.7 Å². The van der Waals surface area contributed by atoms with Crippen LogP contribution in [-0.4, -0.2) is 58.9 Å². The van der Waals surface area contributed by atoms with E-state index in [1.54, 1.807) is 12.4 Å². The van der Waals surface area contributed by atoms with Gasteiger partial charge in [0.05, 0.1) is 19.0 Å². The number of nitrogens with zero attached hydrogens (tertiary/aromatic N) is 6. The molecular formula is C27H38F3N7O2. The summed E-state index contributed by atoms with van der Waals surface area (Å²) in [6.45, 7) is 10.7. The van der Waals surface area contributed by atoms with Crippen LogP contribution in [0.2, 0.25) is 0 Å². The van der Waals surface area contributed by atoms with Gasteiger partial charge in [0.1, 0.15) is 11.6 Å². The van der Waals surface area contributed by atoms with E-state index in [0.717, 1.165) is 69.7 Å². The number of aromatic nitrogens is 4. The Kier molecular flexibility index (Phi) is 10.9. The largest absolute Gasteiger partial charge is 0.490 e. The molecule has 2 aromatic heterocycles. The molecule has 4 heterocycles. The number of halogens is 3. The average molecular weight is 550 g/mol. The Bertz CT molecular complexity index is 1090. The van der Waals surface area contributed by atoms with E-state index in [4.69, 9.17) is 15.0 Å². The lowest BCUT2D eigenvalue weighted by Crippen LogP contribution is -2.35. The van der Waals surface area contributed by atoms with E-state index in [0.29, 0.717) is 30.2 Å². The van der Waals surface area contributed by atoms with E-state index < -0.39 is 17.3 Å². The van der Waals surface area contributed by atoms with Gasteiger partial charge in [-0.25, -0.2) is 23.1 Å². The Morgan fingerprint density at radius 1 is 0.974 bits per heavy atom. The first kappa shape index (κ1) is 30.1. The van der Waals surface area contributed by atoms with Crippen molar-refractivity contribution in [2.45, 2.75) is 58.7 Å². The van der Waals surface area contributed by atoms with E-state index in [9.17, 15) is 13.2 Å². The molecule has 5 rings (SSSR count). The summed E-state index contributed by atoms with van der Waals surface area (Å²) < 4.78 is 48.9. The Labute approximate surface area is 227 Å². The highest BCUT2D eigenvalue weighted by atomic mass is 19.1. The molecule has 2 aliphatic heterocycles. The van der Waals surface area contributed by atoms with E-state index in [1.165, 1.54) is 13.8 Å². The highest BCUT2D eigenvalue weighted by Crippen LogP contribution is 2.27. The minimum Gasteiger partial charge on any atom is -0.490 e. The summed E-state index contributed by atoms with van der Waals surface area (Å²) in [5, 5.41) is 3.75. The summed E-state index contributed by atoms with van der Waals surface area (Å²) in [7, 11) is 0. The van der Waals surface area contributed by atoms with Crippen LogP contribution in [0.3, 0.4) is 0 Å². The number of nitrogens with two attached hydrogens (primary N) is 1. The molecule has 0 amide bonds. The first-order chi connectivity index (χ1) is 18.7. The quantitative estimate of drug-likeness (QED) is 0.460. The van der Waals surface area contributed by atoms with Gasteiger partial charge >= 0.3 is 6.01 Å². The van der Waals surface area contributed by atoms with E-state index in [-0.39, 0.29) is 11.9 Å². The van der Waals surface area contributed by atoms with Gasteiger partial charge in [0.2, 0.25) is 11.8 Å². The monoisotopic (exact) mass is 549 g/mol. The first-order valence-electron chi connectivity index (χ1n) is 13.3. The molecule has 12 heteroatoms. The maximum atomic E-state index is 13.9. The molecular weight excluding hydrogens is 511 g/mol. The topological polar surface area (TPSA) is 106 Å². The number of anilines is 2. The summed E-state index contributed by atoms with van der Waals surface area (Å²) in [6.07, 6.45) is 6.28. The van der Waals surface area contributed by atoms with Crippen LogP contribution in [0.25, 0.3) is 0 Å². The molecule has 1 atom stereocenters. The summed E-state index contributed by atoms with van der Waals surface area (Å²) >= 11 is 0. The van der Waals surface area contributed by atoms with Gasteiger partial charge in [-0.2, -0.15) is 4.98 Å². The number of ether oxygens (including phenoxy) is 1. The van der Waals surface area contributed by atoms with Crippen LogP contribution in [0.5, 0.6) is 5.75 Å². The van der Waals surface area contributed by atoms with Crippen LogP contribution >= 0.6 is 0 Å². The van der Waals surface area contributed by atoms with Crippen molar-refractivity contribution in [2.24, 2.45) is 11.7 Å². The molecule has 2 fully saturated rings. The number of piperidine rings is 1. The molecule has 2 aliphatic rings. The first-order valence-corrected chi connectivity index (χ1v) is 13.3. The average Bonchev–Trinajstić information content (AvgIpc) is 3.61. The van der Waals surface area contributed by atoms with Crippen LogP contribution in [-0.2, 0) is 5.67 Å². The summed E-state index contributed by atoms with van der Waals surface area (Å²) in [5.41, 5.74) is 4.33. The molecule has 1 unspecified atom stereocenters. The molecule has 0 radical (unpaired) electrons. The van der Waals surface area contributed by atoms with Crippen molar-refractivity contribution >= 4 is 12.0 Å². The normalized spacial score (nSPS) is 17.7. The van der Waals surface area contributed by atoms with E-state index >= 15 is 0 Å². The maximum absolute atomic E-state index is 13.9. The Morgan fingerprint density at radius 2 is 1.54 bits per heavy atom. The lowest BCUT2D eigenvalue weighted by atomic mass is 9.98. The second-order valence-corrected chi connectivity index (χ2v) is 9.76. The summed E-state index contributed by atoms with van der Waals surface area (Å²) in [5.74, 6) is 1.05. The highest BCUT2D eigenvalue weighted by molar-refractivity contribution is 5.33. The van der Waals surface area contributed by atoms with Crippen LogP contribution in [0, 0.1) is 17.6 Å². The SMILES string of the molecule is CC.CC(C)(F)c1noc(N2CCC(COc3cnc(N4CCC(N)C4)nc3)CC2)n1.Fc1ccc(F)cc1. The Balaban J connectivity index is 0.000000357. The van der Waals surface area contributed by atoms with Crippen LogP contribution in [0.4, 0.5) is 25.1 Å². The molecule has 3 aromatic rings. The fourth-order valence-corrected chi connectivity index (χ4v) is 4.04. The van der Waals surface area contributed by atoms with Gasteiger partial charge in [-0.15, -0.1) is 0 Å². The third-order valence-corrected chi connectivity index (χ3v) is 6.24. The van der Waals surface area contributed by atoms with Crippen LogP contribution in [0.1, 0.15) is 52.8 Å². The minimum absolute atomic E-state index is 0.0808. The van der Waals surface area contributed by atoms with Crippen molar-refractivity contribution < 1.29 is 22.4 Å². The van der Waals surface area contributed by atoms with Gasteiger partial charge in [0.15, 0.2) is 11.4 Å². The minimum atomic E-state index is -1.60. The fraction of sp³-hybridized carbons (Fsp3) is 0.556. The Morgan fingerprint density at radius 3 is 2.03 bits per heavy atom. The maximum Gasteiger partial charge on any atom is 0.324 e. The molecule has 39 heavy (non-hydrogen) atoms. The van der Waals surface area contributed by atoms with Gasteiger partial charge in [0.25, 0.3) is 0 Å². The molecule has 0 aliphatic carbocycles. The molecule has 0 saturated carbocycles. The Hall–Kier alpha value is -3.41. The van der Waals surface area contributed by atoms with Crippen molar-refractivity contribution in [2.75, 3.05) is 42.6 Å². The molecule has 2 saturated heterocycles. The van der Waals surface area contributed by atoms with Crippen molar-refractivity contribution in [3.8, 4) is 5.75 Å². The summed E-state index contributed by atoms with van der Waals surface area (Å²) in [4.78, 5) is 17.1. The van der Waals surface area contributed by atoms with Crippen molar-refractivity contribution in [1.82, 2.24) is 20.1 Å². The zero-order chi connectivity index (χ0) is 28.4. The third-order valence-electron chi connectivity index (χ3n) is 6.24. The van der Waals surface area contributed by atoms with E-state index in [2.05, 4.69) is 25.0 Å². The third kappa shape index (κ3) is 9.09. The van der Waals surface area contributed by atoms with Gasteiger partial charge < -0.3 is 24.8 Å². The second kappa shape index (κ2) is 14.1. The van der Waals surface area contributed by atoms with Gasteiger partial charge in [-0.05, 0) is 63.3 Å². The highest BCUT2D eigenvalue weighted by Gasteiger charge is 2.29. The molecule has 0 spiro atoms. The predicted molar refractivity (Wildman–Crippen MR) is 143 cm³/mol. The van der Waals surface area contributed by atoms with Crippen molar-refractivity contribution in [3.05, 3.63) is 54.1 Å². The lowest BCUT2D eigenvalue weighted by molar-refractivity contribution is 0.199. The zero-order valence-corrected chi connectivity index (χ0v) is 23.0. The van der Waals surface area contributed by atoms with Gasteiger partial charge in [-0.1, -0.05) is 19.0 Å². The number of alkyl halides is 1. The number of hydrogen-bond donors (Lipinski definition) is 1. The van der Waals surface area contributed by atoms with Crippen molar-refractivity contribution in [1.29, 1.82) is 0 Å². The van der Waals surface area contributed by atoms with Crippen LogP contribution in [0.15, 0.2) is 41.2 Å². The molecule has 2 N–H and O–H groups in total. The molecule has 0 bridgehead atoms. The molecule has 214 valence electrons. The second-order valence-electron chi connectivity index (χ2n) is 9.76. The summed E-state index contributed by atoms with van der Waals surface area (Å²) in [6, 6.07) is 4.90. The fourth-order valence-electron chi connectivity index (χ4n) is 4.04. The van der Waals surface area contributed by atoms with Gasteiger partial charge in [0, 0.05) is 32.2 Å². The number of rotatable bonds is 6. The number of benzene rings is 1. The van der Waals surface area contributed by atoms with Crippen LogP contribution < -0.4 is 20.3 Å². The zero-order valence-electron chi connectivity index (χ0n) is 23.0. The number of hydrogen-bond acceptors (Lipinski definition) is 9. The molecule has 9 nitrogen and oxygen atoms in total.